The number of carbonyl (C=O) groups is 2. The molecular formula is C18H23NO4. The summed E-state index contributed by atoms with van der Waals surface area (Å²) in [6, 6.07) is 7.58. The second-order valence-corrected chi connectivity index (χ2v) is 7.69. The van der Waals surface area contributed by atoms with Gasteiger partial charge in [-0.05, 0) is 18.1 Å². The molecule has 0 bridgehead atoms. The maximum atomic E-state index is 12.6. The smallest absolute Gasteiger partial charge is 0.312 e. The molecule has 1 aromatic rings. The Balaban J connectivity index is 1.96. The second-order valence-electron chi connectivity index (χ2n) is 7.69. The third-order valence-corrected chi connectivity index (χ3v) is 4.97. The van der Waals surface area contributed by atoms with Crippen LogP contribution in [0.25, 0.3) is 0 Å². The number of likely N-dealkylation sites (tertiary alicyclic amines) is 1. The number of amides is 1. The first-order valence-electron chi connectivity index (χ1n) is 7.97. The summed E-state index contributed by atoms with van der Waals surface area (Å²) in [6.07, 6.45) is 0.400. The highest BCUT2D eigenvalue weighted by molar-refractivity contribution is 5.84. The summed E-state index contributed by atoms with van der Waals surface area (Å²) < 4.78 is 5.85. The average molecular weight is 317 g/mol. The van der Waals surface area contributed by atoms with Crippen LogP contribution in [0.15, 0.2) is 24.3 Å². The van der Waals surface area contributed by atoms with E-state index in [-0.39, 0.29) is 18.4 Å². The van der Waals surface area contributed by atoms with Crippen LogP contribution in [0.1, 0.15) is 26.3 Å². The minimum atomic E-state index is -0.965. The Morgan fingerprint density at radius 1 is 1.30 bits per heavy atom. The van der Waals surface area contributed by atoms with Crippen LogP contribution in [0.3, 0.4) is 0 Å². The number of rotatable bonds is 1. The highest BCUT2D eigenvalue weighted by atomic mass is 16.5. The number of carboxylic acids is 1. The number of ether oxygens (including phenoxy) is 1. The van der Waals surface area contributed by atoms with Crippen LogP contribution >= 0.6 is 0 Å². The molecule has 1 saturated heterocycles. The number of nitrogens with zero attached hydrogens (tertiary/aromatic N) is 1. The van der Waals surface area contributed by atoms with Crippen molar-refractivity contribution in [1.29, 1.82) is 0 Å². The molecular weight excluding hydrogens is 294 g/mol. The molecule has 1 aromatic carbocycles. The first-order chi connectivity index (χ1) is 10.7. The monoisotopic (exact) mass is 317 g/mol. The van der Waals surface area contributed by atoms with Gasteiger partial charge in [0.05, 0.1) is 12.0 Å². The Hall–Kier alpha value is -2.04. The maximum Gasteiger partial charge on any atom is 0.312 e. The molecule has 23 heavy (non-hydrogen) atoms. The zero-order valence-electron chi connectivity index (χ0n) is 13.8. The molecule has 2 heterocycles. The zero-order chi connectivity index (χ0) is 16.8. The Bertz CT molecular complexity index is 649. The molecule has 1 fully saturated rings. The molecule has 0 spiro atoms. The molecule has 2 atom stereocenters. The number of hydrogen-bond donors (Lipinski definition) is 1. The Morgan fingerprint density at radius 3 is 2.65 bits per heavy atom. The lowest BCUT2D eigenvalue weighted by atomic mass is 9.74. The van der Waals surface area contributed by atoms with Crippen LogP contribution in [-0.2, 0) is 16.0 Å². The van der Waals surface area contributed by atoms with Gasteiger partial charge in [-0.2, -0.15) is 0 Å². The van der Waals surface area contributed by atoms with Gasteiger partial charge >= 0.3 is 5.97 Å². The van der Waals surface area contributed by atoms with Crippen molar-refractivity contribution in [2.24, 2.45) is 16.7 Å². The molecule has 2 aliphatic heterocycles. The van der Waals surface area contributed by atoms with Crippen molar-refractivity contribution in [1.82, 2.24) is 4.90 Å². The Kier molecular flexibility index (Phi) is 3.62. The quantitative estimate of drug-likeness (QED) is 0.862. The molecule has 0 aliphatic carbocycles. The van der Waals surface area contributed by atoms with Crippen LogP contribution in [0.4, 0.5) is 0 Å². The third kappa shape index (κ3) is 2.58. The summed E-state index contributed by atoms with van der Waals surface area (Å²) in [6.45, 7) is 6.61. The van der Waals surface area contributed by atoms with Gasteiger partial charge < -0.3 is 14.7 Å². The van der Waals surface area contributed by atoms with Crippen LogP contribution < -0.4 is 4.74 Å². The van der Waals surface area contributed by atoms with Gasteiger partial charge in [0.15, 0.2) is 0 Å². The largest absolute Gasteiger partial charge is 0.493 e. The van der Waals surface area contributed by atoms with E-state index < -0.39 is 16.8 Å². The molecule has 3 rings (SSSR count). The summed E-state index contributed by atoms with van der Waals surface area (Å²) in [4.78, 5) is 26.4. The van der Waals surface area contributed by atoms with E-state index in [1.807, 2.05) is 45.0 Å². The van der Waals surface area contributed by atoms with Gasteiger partial charge in [0.25, 0.3) is 0 Å². The van der Waals surface area contributed by atoms with Crippen molar-refractivity contribution in [2.45, 2.75) is 27.2 Å². The minimum absolute atomic E-state index is 0.000478. The molecule has 1 amide bonds. The van der Waals surface area contributed by atoms with Crippen molar-refractivity contribution < 1.29 is 19.4 Å². The van der Waals surface area contributed by atoms with Gasteiger partial charge in [-0.25, -0.2) is 0 Å². The van der Waals surface area contributed by atoms with Crippen molar-refractivity contribution in [3.63, 3.8) is 0 Å². The number of aliphatic carboxylic acids is 1. The van der Waals surface area contributed by atoms with Gasteiger partial charge in [-0.1, -0.05) is 39.0 Å². The molecule has 5 heteroatoms. The first kappa shape index (κ1) is 15.8. The lowest BCUT2D eigenvalue weighted by molar-refractivity contribution is -0.151. The second kappa shape index (κ2) is 5.25. The highest BCUT2D eigenvalue weighted by Gasteiger charge is 2.55. The summed E-state index contributed by atoms with van der Waals surface area (Å²) >= 11 is 0. The van der Waals surface area contributed by atoms with Gasteiger partial charge in [-0.15, -0.1) is 0 Å². The van der Waals surface area contributed by atoms with Gasteiger partial charge in [-0.3, -0.25) is 9.59 Å². The van der Waals surface area contributed by atoms with Crippen molar-refractivity contribution in [2.75, 3.05) is 19.7 Å². The van der Waals surface area contributed by atoms with E-state index in [0.29, 0.717) is 19.6 Å². The van der Waals surface area contributed by atoms with Crippen molar-refractivity contribution in [3.8, 4) is 5.75 Å². The molecule has 124 valence electrons. The Morgan fingerprint density at radius 2 is 2.00 bits per heavy atom. The third-order valence-electron chi connectivity index (χ3n) is 4.97. The average Bonchev–Trinajstić information content (AvgIpc) is 2.77. The fourth-order valence-electron chi connectivity index (χ4n) is 3.66. The summed E-state index contributed by atoms with van der Waals surface area (Å²) in [5, 5.41) is 9.96. The minimum Gasteiger partial charge on any atom is -0.493 e. The number of fused-ring (bicyclic) bond motifs is 2. The van der Waals surface area contributed by atoms with Crippen LogP contribution in [0.2, 0.25) is 0 Å². The normalized spacial score (nSPS) is 26.7. The van der Waals surface area contributed by atoms with Gasteiger partial charge in [0.1, 0.15) is 5.75 Å². The predicted octanol–water partition coefficient (Wildman–Crippen LogP) is 2.20. The summed E-state index contributed by atoms with van der Waals surface area (Å²) in [5.41, 5.74) is -0.572. The van der Waals surface area contributed by atoms with Crippen molar-refractivity contribution >= 4 is 11.9 Å². The van der Waals surface area contributed by atoms with E-state index in [1.165, 1.54) is 0 Å². The van der Waals surface area contributed by atoms with E-state index in [4.69, 9.17) is 4.74 Å². The van der Waals surface area contributed by atoms with Crippen LogP contribution in [-0.4, -0.2) is 41.6 Å². The van der Waals surface area contributed by atoms with E-state index in [0.717, 1.165) is 11.3 Å². The van der Waals surface area contributed by atoms with E-state index >= 15 is 0 Å². The zero-order valence-corrected chi connectivity index (χ0v) is 13.8. The number of para-hydroxylation sites is 1. The topological polar surface area (TPSA) is 66.8 Å². The molecule has 5 nitrogen and oxygen atoms in total. The van der Waals surface area contributed by atoms with Gasteiger partial charge in [0.2, 0.25) is 5.91 Å². The number of carbonyl (C=O) groups excluding carboxylic acids is 1. The molecule has 2 aliphatic rings. The van der Waals surface area contributed by atoms with E-state index in [1.54, 1.807) is 4.90 Å². The summed E-state index contributed by atoms with van der Waals surface area (Å²) in [7, 11) is 0. The molecule has 0 saturated carbocycles. The van der Waals surface area contributed by atoms with Crippen LogP contribution in [0, 0.1) is 16.7 Å². The molecule has 0 radical (unpaired) electrons. The van der Waals surface area contributed by atoms with Gasteiger partial charge in [0, 0.05) is 24.4 Å². The highest BCUT2D eigenvalue weighted by Crippen LogP contribution is 2.44. The summed E-state index contributed by atoms with van der Waals surface area (Å²) in [5.74, 6) is -0.276. The Labute approximate surface area is 136 Å². The lowest BCUT2D eigenvalue weighted by Gasteiger charge is -2.29. The van der Waals surface area contributed by atoms with E-state index in [9.17, 15) is 14.7 Å². The predicted molar refractivity (Wildman–Crippen MR) is 85.2 cm³/mol. The van der Waals surface area contributed by atoms with Crippen molar-refractivity contribution in [3.05, 3.63) is 29.8 Å². The lowest BCUT2D eigenvalue weighted by Crippen LogP contribution is -2.43. The SMILES string of the molecule is CC(C)(C)C(=O)N1C[C@H]2COc3ccccc3C[C@@]2(C(=O)O)C1. The standard InChI is InChI=1S/C18H23NO4/c1-17(2,3)15(20)19-9-13-10-23-14-7-5-4-6-12(14)8-18(13,11-19)16(21)22/h4-7,13H,8-11H2,1-3H3,(H,21,22)/t13-,18+/m0/s1. The number of hydrogen-bond acceptors (Lipinski definition) is 3. The van der Waals surface area contributed by atoms with E-state index in [2.05, 4.69) is 0 Å². The molecule has 0 aromatic heterocycles. The maximum absolute atomic E-state index is 12.6. The van der Waals surface area contributed by atoms with Crippen LogP contribution in [0.5, 0.6) is 5.75 Å². The number of carboxylic acid groups (broad SMARTS) is 1. The fraction of sp³-hybridized carbons (Fsp3) is 0.556. The molecule has 0 unspecified atom stereocenters. The first-order valence-corrected chi connectivity index (χ1v) is 7.97. The number of benzene rings is 1. The fourth-order valence-corrected chi connectivity index (χ4v) is 3.66. The molecule has 1 N–H and O–H groups in total.